The molecule has 4 nitrogen and oxygen atoms in total. The van der Waals surface area contributed by atoms with Crippen molar-refractivity contribution >= 4 is 10.9 Å². The van der Waals surface area contributed by atoms with Crippen LogP contribution in [0.4, 0.5) is 0 Å². The molecule has 0 saturated carbocycles. The van der Waals surface area contributed by atoms with Crippen molar-refractivity contribution in [2.24, 2.45) is 0 Å². The molecule has 2 aromatic rings. The zero-order chi connectivity index (χ0) is 14.8. The van der Waals surface area contributed by atoms with Crippen LogP contribution < -0.4 is 5.32 Å². The third kappa shape index (κ3) is 2.84. The van der Waals surface area contributed by atoms with Crippen molar-refractivity contribution in [3.8, 4) is 0 Å². The summed E-state index contributed by atoms with van der Waals surface area (Å²) in [6.45, 7) is 2.98. The normalized spacial score (nSPS) is 18.4. The van der Waals surface area contributed by atoms with Crippen LogP contribution in [0.15, 0.2) is 18.2 Å². The fourth-order valence-corrected chi connectivity index (χ4v) is 3.41. The van der Waals surface area contributed by atoms with E-state index in [1.165, 1.54) is 47.0 Å². The molecule has 1 aliphatic carbocycles. The van der Waals surface area contributed by atoms with Gasteiger partial charge in [-0.1, -0.05) is 11.6 Å². The highest BCUT2D eigenvalue weighted by Crippen LogP contribution is 2.33. The molecular weight excluding hydrogens is 264 g/mol. The molecular formula is C17H25N2O2+. The monoisotopic (exact) mass is 289 g/mol. The number of H-pyrrole nitrogens is 1. The van der Waals surface area contributed by atoms with Crippen molar-refractivity contribution in [1.82, 2.24) is 4.98 Å². The van der Waals surface area contributed by atoms with Crippen LogP contribution in [0.5, 0.6) is 0 Å². The summed E-state index contributed by atoms with van der Waals surface area (Å²) in [7, 11) is 3.39. The Balaban J connectivity index is 1.86. The van der Waals surface area contributed by atoms with Crippen LogP contribution in [0.1, 0.15) is 35.7 Å². The molecule has 1 aromatic carbocycles. The van der Waals surface area contributed by atoms with E-state index >= 15 is 0 Å². The van der Waals surface area contributed by atoms with E-state index in [2.05, 4.69) is 35.4 Å². The number of rotatable bonds is 5. The SMILES string of the molecule is COC(C[NH2+][C@H]1CCCc2c1[nH]c1ccc(C)cc21)OC. The maximum Gasteiger partial charge on any atom is 0.206 e. The number of aryl methyl sites for hydroxylation is 2. The molecule has 1 aromatic heterocycles. The van der Waals surface area contributed by atoms with E-state index in [4.69, 9.17) is 9.47 Å². The number of hydrogen-bond donors (Lipinski definition) is 2. The molecule has 21 heavy (non-hydrogen) atoms. The predicted octanol–water partition coefficient (Wildman–Crippen LogP) is 2.04. The zero-order valence-corrected chi connectivity index (χ0v) is 13.1. The Morgan fingerprint density at radius 2 is 2.14 bits per heavy atom. The van der Waals surface area contributed by atoms with Gasteiger partial charge in [-0.05, 0) is 37.5 Å². The summed E-state index contributed by atoms with van der Waals surface area (Å²) in [4.78, 5) is 3.64. The van der Waals surface area contributed by atoms with E-state index in [-0.39, 0.29) is 6.29 Å². The quantitative estimate of drug-likeness (QED) is 0.828. The maximum atomic E-state index is 5.29. The first-order chi connectivity index (χ1) is 10.2. The number of benzene rings is 1. The lowest BCUT2D eigenvalue weighted by atomic mass is 9.91. The highest BCUT2D eigenvalue weighted by molar-refractivity contribution is 5.85. The van der Waals surface area contributed by atoms with E-state index in [0.717, 1.165) is 6.54 Å². The third-order valence-corrected chi connectivity index (χ3v) is 4.55. The molecule has 3 rings (SSSR count). The second kappa shape index (κ2) is 6.18. The average Bonchev–Trinajstić information content (AvgIpc) is 2.87. The number of fused-ring (bicyclic) bond motifs is 3. The van der Waals surface area contributed by atoms with Crippen molar-refractivity contribution in [3.05, 3.63) is 35.0 Å². The lowest BCUT2D eigenvalue weighted by Crippen LogP contribution is -2.87. The Labute approximate surface area is 125 Å². The third-order valence-electron chi connectivity index (χ3n) is 4.55. The number of nitrogens with two attached hydrogens (primary N) is 1. The summed E-state index contributed by atoms with van der Waals surface area (Å²) in [6, 6.07) is 7.16. The van der Waals surface area contributed by atoms with Crippen LogP contribution in [-0.4, -0.2) is 32.0 Å². The van der Waals surface area contributed by atoms with Crippen LogP contribution in [0, 0.1) is 6.92 Å². The Hall–Kier alpha value is -1.36. The minimum Gasteiger partial charge on any atom is -0.353 e. The van der Waals surface area contributed by atoms with Gasteiger partial charge in [0.25, 0.3) is 0 Å². The summed E-state index contributed by atoms with van der Waals surface area (Å²) in [5.74, 6) is 0. The fraction of sp³-hybridized carbons (Fsp3) is 0.529. The molecule has 0 unspecified atom stereocenters. The van der Waals surface area contributed by atoms with Gasteiger partial charge in [0, 0.05) is 31.5 Å². The Kier molecular flexibility index (Phi) is 4.29. The molecule has 0 radical (unpaired) electrons. The summed E-state index contributed by atoms with van der Waals surface area (Å²) < 4.78 is 10.6. The number of ether oxygens (including phenoxy) is 2. The molecule has 0 fully saturated rings. The fourth-order valence-electron chi connectivity index (χ4n) is 3.41. The van der Waals surface area contributed by atoms with Gasteiger partial charge in [-0.3, -0.25) is 0 Å². The Morgan fingerprint density at radius 3 is 2.90 bits per heavy atom. The lowest BCUT2D eigenvalue weighted by Gasteiger charge is -2.22. The number of hydrogen-bond acceptors (Lipinski definition) is 2. The molecule has 114 valence electrons. The van der Waals surface area contributed by atoms with E-state index in [1.807, 2.05) is 0 Å². The summed E-state index contributed by atoms with van der Waals surface area (Å²) in [6.07, 6.45) is 3.50. The van der Waals surface area contributed by atoms with Gasteiger partial charge in [0.15, 0.2) is 0 Å². The van der Waals surface area contributed by atoms with Gasteiger partial charge in [-0.15, -0.1) is 0 Å². The predicted molar refractivity (Wildman–Crippen MR) is 83.3 cm³/mol. The zero-order valence-electron chi connectivity index (χ0n) is 13.1. The van der Waals surface area contributed by atoms with Crippen LogP contribution in [-0.2, 0) is 15.9 Å². The van der Waals surface area contributed by atoms with E-state index in [1.54, 1.807) is 14.2 Å². The molecule has 0 saturated heterocycles. The molecule has 0 amide bonds. The van der Waals surface area contributed by atoms with Gasteiger partial charge in [0.2, 0.25) is 6.29 Å². The van der Waals surface area contributed by atoms with Gasteiger partial charge >= 0.3 is 0 Å². The summed E-state index contributed by atoms with van der Waals surface area (Å²) in [5, 5.41) is 3.75. The van der Waals surface area contributed by atoms with Gasteiger partial charge in [-0.2, -0.15) is 0 Å². The van der Waals surface area contributed by atoms with Gasteiger partial charge in [-0.25, -0.2) is 0 Å². The highest BCUT2D eigenvalue weighted by atomic mass is 16.7. The number of aromatic nitrogens is 1. The molecule has 0 bridgehead atoms. The van der Waals surface area contributed by atoms with Crippen molar-refractivity contribution in [3.63, 3.8) is 0 Å². The molecule has 4 heteroatoms. The average molecular weight is 289 g/mol. The van der Waals surface area contributed by atoms with Crippen LogP contribution in [0.25, 0.3) is 10.9 Å². The minimum absolute atomic E-state index is 0.137. The number of aromatic amines is 1. The lowest BCUT2D eigenvalue weighted by molar-refractivity contribution is -0.708. The van der Waals surface area contributed by atoms with Gasteiger partial charge < -0.3 is 19.8 Å². The first-order valence-electron chi connectivity index (χ1n) is 7.73. The second-order valence-corrected chi connectivity index (χ2v) is 5.94. The summed E-state index contributed by atoms with van der Waals surface area (Å²) in [5.41, 5.74) is 5.50. The standard InChI is InChI=1S/C17H24N2O2/c1-11-7-8-14-13(9-11)12-5-4-6-15(17(12)19-14)18-10-16(20-2)21-3/h7-9,15-16,18-19H,4-6,10H2,1-3H3/p+1/t15-/m0/s1. The van der Waals surface area contributed by atoms with Crippen molar-refractivity contribution in [1.29, 1.82) is 0 Å². The number of quaternary nitrogens is 1. The highest BCUT2D eigenvalue weighted by Gasteiger charge is 2.27. The minimum atomic E-state index is -0.137. The van der Waals surface area contributed by atoms with Gasteiger partial charge in [0.1, 0.15) is 12.6 Å². The first kappa shape index (κ1) is 14.6. The first-order valence-corrected chi connectivity index (χ1v) is 7.73. The molecule has 1 aliphatic rings. The number of methoxy groups -OCH3 is 2. The van der Waals surface area contributed by atoms with Crippen molar-refractivity contribution in [2.75, 3.05) is 20.8 Å². The van der Waals surface area contributed by atoms with Crippen LogP contribution in [0.3, 0.4) is 0 Å². The maximum absolute atomic E-state index is 5.29. The van der Waals surface area contributed by atoms with E-state index < -0.39 is 0 Å². The molecule has 0 aliphatic heterocycles. The van der Waals surface area contributed by atoms with Gasteiger partial charge in [0.05, 0.1) is 5.69 Å². The van der Waals surface area contributed by atoms with E-state index in [0.29, 0.717) is 6.04 Å². The van der Waals surface area contributed by atoms with Crippen molar-refractivity contribution < 1.29 is 14.8 Å². The molecule has 0 spiro atoms. The van der Waals surface area contributed by atoms with Crippen LogP contribution in [0.2, 0.25) is 0 Å². The number of nitrogens with one attached hydrogen (secondary N) is 1. The topological polar surface area (TPSA) is 50.9 Å². The van der Waals surface area contributed by atoms with E-state index in [9.17, 15) is 0 Å². The second-order valence-electron chi connectivity index (χ2n) is 5.94. The Morgan fingerprint density at radius 1 is 1.33 bits per heavy atom. The molecule has 1 heterocycles. The Bertz CT molecular complexity index is 617. The largest absolute Gasteiger partial charge is 0.353 e. The molecule has 1 atom stereocenters. The van der Waals surface area contributed by atoms with Crippen molar-refractivity contribution in [2.45, 2.75) is 38.5 Å². The smallest absolute Gasteiger partial charge is 0.206 e. The van der Waals surface area contributed by atoms with Crippen LogP contribution >= 0.6 is 0 Å². The summed E-state index contributed by atoms with van der Waals surface area (Å²) >= 11 is 0. The molecule has 3 N–H and O–H groups in total.